The molecule has 2 nitrogen and oxygen atoms in total. The van der Waals surface area contributed by atoms with Crippen LogP contribution in [0, 0.1) is 0 Å². The van der Waals surface area contributed by atoms with Gasteiger partial charge in [0.25, 0.3) is 0 Å². The van der Waals surface area contributed by atoms with Crippen LogP contribution in [0.2, 0.25) is 10.0 Å². The van der Waals surface area contributed by atoms with E-state index in [2.05, 4.69) is 60.7 Å². The van der Waals surface area contributed by atoms with Gasteiger partial charge in [0.15, 0.2) is 0 Å². The number of benzene rings is 4. The molecule has 178 valence electrons. The molecule has 0 spiro atoms. The molecule has 4 aromatic rings. The summed E-state index contributed by atoms with van der Waals surface area (Å²) in [6, 6.07) is 36.8. The fourth-order valence-electron chi connectivity index (χ4n) is 4.39. The summed E-state index contributed by atoms with van der Waals surface area (Å²) in [6.07, 6.45) is 2.01. The second-order valence-electron chi connectivity index (χ2n) is 8.71. The lowest BCUT2D eigenvalue weighted by atomic mass is 9.88. The van der Waals surface area contributed by atoms with Gasteiger partial charge in [-0.3, -0.25) is 4.79 Å². The van der Waals surface area contributed by atoms with E-state index in [4.69, 9.17) is 23.2 Å². The Labute approximate surface area is 218 Å². The van der Waals surface area contributed by atoms with Crippen molar-refractivity contribution in [1.29, 1.82) is 0 Å². The molecule has 0 aromatic heterocycles. The van der Waals surface area contributed by atoms with Crippen molar-refractivity contribution in [1.82, 2.24) is 4.90 Å². The number of rotatable bonds is 10. The highest BCUT2D eigenvalue weighted by Gasteiger charge is 2.19. The third-order valence-electron chi connectivity index (χ3n) is 6.27. The lowest BCUT2D eigenvalue weighted by molar-refractivity contribution is -0.131. The Morgan fingerprint density at radius 1 is 0.686 bits per heavy atom. The highest BCUT2D eigenvalue weighted by atomic mass is 35.5. The molecule has 0 radical (unpaired) electrons. The van der Waals surface area contributed by atoms with Crippen LogP contribution in [0.1, 0.15) is 41.0 Å². The SMILES string of the molecule is O=C(CCc1ccccc1)N(CCC(c1ccccc1)c1ccccc1)Cc1ccc(Cl)c(Cl)c1. The molecule has 1 amide bonds. The Balaban J connectivity index is 1.54. The zero-order chi connectivity index (χ0) is 24.5. The molecular weight excluding hydrogens is 473 g/mol. The van der Waals surface area contributed by atoms with E-state index in [1.807, 2.05) is 47.4 Å². The van der Waals surface area contributed by atoms with Crippen LogP contribution in [0.5, 0.6) is 0 Å². The maximum atomic E-state index is 13.4. The van der Waals surface area contributed by atoms with E-state index in [9.17, 15) is 4.79 Å². The lowest BCUT2D eigenvalue weighted by Gasteiger charge is -2.26. The lowest BCUT2D eigenvalue weighted by Crippen LogP contribution is -2.32. The second kappa shape index (κ2) is 12.6. The third kappa shape index (κ3) is 7.21. The van der Waals surface area contributed by atoms with Crippen LogP contribution >= 0.6 is 23.2 Å². The number of aryl methyl sites for hydroxylation is 1. The Morgan fingerprint density at radius 3 is 1.83 bits per heavy atom. The average Bonchev–Trinajstić information content (AvgIpc) is 2.90. The third-order valence-corrected chi connectivity index (χ3v) is 7.01. The van der Waals surface area contributed by atoms with Gasteiger partial charge in [-0.1, -0.05) is 120 Å². The summed E-state index contributed by atoms with van der Waals surface area (Å²) < 4.78 is 0. The van der Waals surface area contributed by atoms with Gasteiger partial charge in [0.1, 0.15) is 0 Å². The van der Waals surface area contributed by atoms with Crippen LogP contribution in [0.3, 0.4) is 0 Å². The summed E-state index contributed by atoms with van der Waals surface area (Å²) in [6.45, 7) is 1.14. The van der Waals surface area contributed by atoms with Gasteiger partial charge < -0.3 is 4.90 Å². The molecule has 4 heteroatoms. The smallest absolute Gasteiger partial charge is 0.223 e. The number of carbonyl (C=O) groups excluding carboxylic acids is 1. The van der Waals surface area contributed by atoms with Crippen molar-refractivity contribution in [3.63, 3.8) is 0 Å². The monoisotopic (exact) mass is 501 g/mol. The van der Waals surface area contributed by atoms with Gasteiger partial charge in [-0.2, -0.15) is 0 Å². The second-order valence-corrected chi connectivity index (χ2v) is 9.53. The van der Waals surface area contributed by atoms with Crippen molar-refractivity contribution in [2.75, 3.05) is 6.54 Å². The van der Waals surface area contributed by atoms with E-state index >= 15 is 0 Å². The zero-order valence-corrected chi connectivity index (χ0v) is 21.1. The largest absolute Gasteiger partial charge is 0.338 e. The first-order valence-electron chi connectivity index (χ1n) is 12.0. The zero-order valence-electron chi connectivity index (χ0n) is 19.6. The fourth-order valence-corrected chi connectivity index (χ4v) is 4.71. The molecule has 0 fully saturated rings. The number of hydrogen-bond acceptors (Lipinski definition) is 1. The summed E-state index contributed by atoms with van der Waals surface area (Å²) >= 11 is 12.4. The summed E-state index contributed by atoms with van der Waals surface area (Å²) in [5.74, 6) is 0.343. The first-order chi connectivity index (χ1) is 17.1. The number of nitrogens with zero attached hydrogens (tertiary/aromatic N) is 1. The highest BCUT2D eigenvalue weighted by Crippen LogP contribution is 2.29. The van der Waals surface area contributed by atoms with E-state index < -0.39 is 0 Å². The molecule has 4 rings (SSSR count). The molecule has 0 saturated heterocycles. The Bertz CT molecular complexity index is 1170. The minimum absolute atomic E-state index is 0.139. The van der Waals surface area contributed by atoms with E-state index in [0.29, 0.717) is 29.6 Å². The molecule has 0 unspecified atom stereocenters. The van der Waals surface area contributed by atoms with Gasteiger partial charge in [0.2, 0.25) is 5.91 Å². The molecule has 35 heavy (non-hydrogen) atoms. The van der Waals surface area contributed by atoms with E-state index in [0.717, 1.165) is 18.4 Å². The number of hydrogen-bond donors (Lipinski definition) is 0. The molecule has 4 aromatic carbocycles. The summed E-state index contributed by atoms with van der Waals surface area (Å²) in [7, 11) is 0. The molecule has 0 N–H and O–H groups in total. The summed E-state index contributed by atoms with van der Waals surface area (Å²) in [5, 5.41) is 1.03. The van der Waals surface area contributed by atoms with Crippen LogP contribution in [-0.2, 0) is 17.8 Å². The van der Waals surface area contributed by atoms with Crippen molar-refractivity contribution >= 4 is 29.1 Å². The van der Waals surface area contributed by atoms with E-state index in [-0.39, 0.29) is 11.8 Å². The molecule has 0 bridgehead atoms. The standard InChI is InChI=1S/C31H29Cl2NO/c32-29-18-16-25(22-30(29)33)23-34(31(35)19-17-24-10-4-1-5-11-24)21-20-28(26-12-6-2-7-13-26)27-14-8-3-9-15-27/h1-16,18,22,28H,17,19-21,23H2. The van der Waals surface area contributed by atoms with Crippen LogP contribution in [-0.4, -0.2) is 17.4 Å². The van der Waals surface area contributed by atoms with E-state index in [1.54, 1.807) is 6.07 Å². The first kappa shape index (κ1) is 25.0. The van der Waals surface area contributed by atoms with Gasteiger partial charge >= 0.3 is 0 Å². The fraction of sp³-hybridized carbons (Fsp3) is 0.194. The summed E-state index contributed by atoms with van der Waals surface area (Å²) in [5.41, 5.74) is 4.65. The molecule has 0 aliphatic heterocycles. The maximum absolute atomic E-state index is 13.4. The topological polar surface area (TPSA) is 20.3 Å². The van der Waals surface area contributed by atoms with Crippen molar-refractivity contribution in [3.8, 4) is 0 Å². The average molecular weight is 502 g/mol. The van der Waals surface area contributed by atoms with Crippen molar-refractivity contribution in [3.05, 3.63) is 141 Å². The van der Waals surface area contributed by atoms with Crippen LogP contribution in [0.25, 0.3) is 0 Å². The van der Waals surface area contributed by atoms with Gasteiger partial charge in [-0.05, 0) is 47.2 Å². The molecule has 0 atom stereocenters. The quantitative estimate of drug-likeness (QED) is 0.214. The predicted octanol–water partition coefficient (Wildman–Crippen LogP) is 8.18. The van der Waals surface area contributed by atoms with Crippen molar-refractivity contribution in [2.24, 2.45) is 0 Å². The van der Waals surface area contributed by atoms with Gasteiger partial charge in [0, 0.05) is 25.4 Å². The minimum atomic E-state index is 0.139. The number of amides is 1. The van der Waals surface area contributed by atoms with Crippen molar-refractivity contribution < 1.29 is 4.79 Å². The highest BCUT2D eigenvalue weighted by molar-refractivity contribution is 6.42. The molecule has 0 aliphatic rings. The number of halogens is 2. The van der Waals surface area contributed by atoms with Crippen LogP contribution in [0.4, 0.5) is 0 Å². The molecule has 0 aliphatic carbocycles. The Hall–Kier alpha value is -3.07. The van der Waals surface area contributed by atoms with Gasteiger partial charge in [0.05, 0.1) is 10.0 Å². The van der Waals surface area contributed by atoms with Crippen LogP contribution < -0.4 is 0 Å². The van der Waals surface area contributed by atoms with E-state index in [1.165, 1.54) is 16.7 Å². The first-order valence-corrected chi connectivity index (χ1v) is 12.7. The predicted molar refractivity (Wildman–Crippen MR) is 146 cm³/mol. The van der Waals surface area contributed by atoms with Crippen LogP contribution in [0.15, 0.2) is 109 Å². The normalized spacial score (nSPS) is 10.9. The minimum Gasteiger partial charge on any atom is -0.338 e. The Morgan fingerprint density at radius 2 is 1.26 bits per heavy atom. The molecular formula is C31H29Cl2NO. The molecule has 0 saturated carbocycles. The molecule has 0 heterocycles. The Kier molecular flexibility index (Phi) is 9.00. The van der Waals surface area contributed by atoms with Crippen molar-refractivity contribution in [2.45, 2.75) is 31.7 Å². The van der Waals surface area contributed by atoms with Gasteiger partial charge in [-0.25, -0.2) is 0 Å². The van der Waals surface area contributed by atoms with Gasteiger partial charge in [-0.15, -0.1) is 0 Å². The number of carbonyl (C=O) groups is 1. The maximum Gasteiger partial charge on any atom is 0.223 e. The summed E-state index contributed by atoms with van der Waals surface area (Å²) in [4.78, 5) is 15.4.